The predicted octanol–water partition coefficient (Wildman–Crippen LogP) is 4.63. The van der Waals surface area contributed by atoms with Crippen LogP contribution in [-0.2, 0) is 0 Å². The summed E-state index contributed by atoms with van der Waals surface area (Å²) in [6.07, 6.45) is 0.775. The molecule has 0 heterocycles. The van der Waals surface area contributed by atoms with Crippen molar-refractivity contribution in [1.82, 2.24) is 0 Å². The van der Waals surface area contributed by atoms with E-state index in [1.807, 2.05) is 42.5 Å². The molecule has 26 heavy (non-hydrogen) atoms. The maximum absolute atomic E-state index is 10.9. The van der Waals surface area contributed by atoms with Crippen molar-refractivity contribution >= 4 is 6.29 Å². The fourth-order valence-corrected chi connectivity index (χ4v) is 2.56. The van der Waals surface area contributed by atoms with E-state index < -0.39 is 0 Å². The van der Waals surface area contributed by atoms with Crippen molar-refractivity contribution in [2.75, 3.05) is 20.3 Å². The Bertz CT molecular complexity index is 842. The van der Waals surface area contributed by atoms with Crippen molar-refractivity contribution in [3.8, 4) is 28.4 Å². The predicted molar refractivity (Wildman–Crippen MR) is 101 cm³/mol. The smallest absolute Gasteiger partial charge is 0.162 e. The van der Waals surface area contributed by atoms with Gasteiger partial charge in [-0.25, -0.2) is 0 Å². The topological polar surface area (TPSA) is 44.8 Å². The summed E-state index contributed by atoms with van der Waals surface area (Å²) in [6, 6.07) is 23.2. The average Bonchev–Trinajstić information content (AvgIpc) is 2.72. The summed E-state index contributed by atoms with van der Waals surface area (Å²) in [5.41, 5.74) is 2.85. The van der Waals surface area contributed by atoms with Crippen molar-refractivity contribution in [3.05, 3.63) is 78.4 Å². The molecule has 0 saturated carbocycles. The summed E-state index contributed by atoms with van der Waals surface area (Å²) in [4.78, 5) is 10.9. The monoisotopic (exact) mass is 348 g/mol. The van der Waals surface area contributed by atoms with Gasteiger partial charge in [0.2, 0.25) is 0 Å². The molecule has 0 aromatic heterocycles. The van der Waals surface area contributed by atoms with Crippen LogP contribution in [0, 0.1) is 0 Å². The van der Waals surface area contributed by atoms with Gasteiger partial charge in [-0.05, 0) is 41.5 Å². The van der Waals surface area contributed by atoms with Crippen LogP contribution >= 0.6 is 0 Å². The van der Waals surface area contributed by atoms with E-state index in [-0.39, 0.29) is 0 Å². The minimum Gasteiger partial charge on any atom is -0.493 e. The highest BCUT2D eigenvalue weighted by Gasteiger charge is 2.06. The first kappa shape index (κ1) is 17.5. The third-order valence-electron chi connectivity index (χ3n) is 3.89. The molecule has 0 bridgehead atoms. The number of benzene rings is 3. The fourth-order valence-electron chi connectivity index (χ4n) is 2.56. The Hall–Kier alpha value is -3.27. The van der Waals surface area contributed by atoms with Crippen LogP contribution < -0.4 is 14.2 Å². The highest BCUT2D eigenvalue weighted by atomic mass is 16.5. The number of ether oxygens (including phenoxy) is 3. The zero-order valence-electron chi connectivity index (χ0n) is 14.6. The Kier molecular flexibility index (Phi) is 5.88. The molecule has 0 spiro atoms. The molecule has 0 aliphatic heterocycles. The molecule has 132 valence electrons. The molecule has 0 fully saturated rings. The van der Waals surface area contributed by atoms with Crippen molar-refractivity contribution < 1.29 is 19.0 Å². The number of aldehydes is 1. The van der Waals surface area contributed by atoms with Gasteiger partial charge in [-0.1, -0.05) is 42.5 Å². The van der Waals surface area contributed by atoms with Gasteiger partial charge >= 0.3 is 0 Å². The molecule has 3 rings (SSSR count). The van der Waals surface area contributed by atoms with Crippen LogP contribution in [0.1, 0.15) is 10.4 Å². The van der Waals surface area contributed by atoms with Crippen molar-refractivity contribution in [2.24, 2.45) is 0 Å². The zero-order chi connectivity index (χ0) is 18.2. The van der Waals surface area contributed by atoms with Gasteiger partial charge in [0.1, 0.15) is 25.2 Å². The first-order valence-corrected chi connectivity index (χ1v) is 8.34. The molecule has 4 heteroatoms. The highest BCUT2D eigenvalue weighted by Crippen LogP contribution is 2.27. The number of carbonyl (C=O) groups is 1. The molecule has 0 atom stereocenters. The highest BCUT2D eigenvalue weighted by molar-refractivity contribution is 5.76. The van der Waals surface area contributed by atoms with E-state index in [1.165, 1.54) is 5.56 Å². The Morgan fingerprint density at radius 1 is 0.769 bits per heavy atom. The van der Waals surface area contributed by atoms with E-state index in [1.54, 1.807) is 25.3 Å². The summed E-state index contributed by atoms with van der Waals surface area (Å²) < 4.78 is 16.6. The summed E-state index contributed by atoms with van der Waals surface area (Å²) in [5, 5.41) is 0. The van der Waals surface area contributed by atoms with Crippen LogP contribution in [0.5, 0.6) is 17.2 Å². The van der Waals surface area contributed by atoms with E-state index in [2.05, 4.69) is 12.1 Å². The third kappa shape index (κ3) is 4.42. The van der Waals surface area contributed by atoms with Gasteiger partial charge in [0.05, 0.1) is 7.11 Å². The molecule has 3 aromatic carbocycles. The van der Waals surface area contributed by atoms with Crippen LogP contribution in [0.2, 0.25) is 0 Å². The maximum atomic E-state index is 10.9. The molecule has 0 unspecified atom stereocenters. The summed E-state index contributed by atoms with van der Waals surface area (Å²) in [7, 11) is 1.56. The van der Waals surface area contributed by atoms with Crippen LogP contribution in [0.15, 0.2) is 72.8 Å². The second kappa shape index (κ2) is 8.72. The van der Waals surface area contributed by atoms with Gasteiger partial charge in [0.15, 0.2) is 11.5 Å². The van der Waals surface area contributed by atoms with Crippen LogP contribution in [0.25, 0.3) is 11.1 Å². The lowest BCUT2D eigenvalue weighted by molar-refractivity contribution is 0.112. The molecular weight excluding hydrogens is 328 g/mol. The Morgan fingerprint density at radius 2 is 1.46 bits per heavy atom. The first-order valence-electron chi connectivity index (χ1n) is 8.34. The lowest BCUT2D eigenvalue weighted by Crippen LogP contribution is -2.09. The lowest BCUT2D eigenvalue weighted by atomic mass is 10.1. The van der Waals surface area contributed by atoms with E-state index >= 15 is 0 Å². The van der Waals surface area contributed by atoms with Gasteiger partial charge in [-0.3, -0.25) is 4.79 Å². The standard InChI is InChI=1S/C22H20O4/c1-24-21-12-7-17(16-23)15-22(21)26-14-13-25-20-10-8-19(9-11-20)18-5-3-2-4-6-18/h2-12,15-16H,13-14H2,1H3. The van der Waals surface area contributed by atoms with Crippen molar-refractivity contribution in [2.45, 2.75) is 0 Å². The second-order valence-electron chi connectivity index (χ2n) is 5.62. The number of hydrogen-bond acceptors (Lipinski definition) is 4. The van der Waals surface area contributed by atoms with Gasteiger partial charge in [0, 0.05) is 5.56 Å². The van der Waals surface area contributed by atoms with Gasteiger partial charge in [-0.2, -0.15) is 0 Å². The molecule has 3 aromatic rings. The number of rotatable bonds is 8. The third-order valence-corrected chi connectivity index (χ3v) is 3.89. The number of carbonyl (C=O) groups excluding carboxylic acids is 1. The molecule has 0 aliphatic carbocycles. The zero-order valence-corrected chi connectivity index (χ0v) is 14.6. The Balaban J connectivity index is 1.53. The lowest BCUT2D eigenvalue weighted by Gasteiger charge is -2.12. The fraction of sp³-hybridized carbons (Fsp3) is 0.136. The van der Waals surface area contributed by atoms with E-state index in [4.69, 9.17) is 14.2 Å². The summed E-state index contributed by atoms with van der Waals surface area (Å²) in [6.45, 7) is 0.734. The maximum Gasteiger partial charge on any atom is 0.162 e. The van der Waals surface area contributed by atoms with Gasteiger partial charge in [-0.15, -0.1) is 0 Å². The SMILES string of the molecule is COc1ccc(C=O)cc1OCCOc1ccc(-c2ccccc2)cc1. The van der Waals surface area contributed by atoms with Gasteiger partial charge in [0.25, 0.3) is 0 Å². The second-order valence-corrected chi connectivity index (χ2v) is 5.62. The van der Waals surface area contributed by atoms with Crippen LogP contribution in [0.4, 0.5) is 0 Å². The summed E-state index contributed by atoms with van der Waals surface area (Å²) >= 11 is 0. The normalized spacial score (nSPS) is 10.2. The molecule has 4 nitrogen and oxygen atoms in total. The summed E-state index contributed by atoms with van der Waals surface area (Å²) in [5.74, 6) is 1.89. The van der Waals surface area contributed by atoms with Crippen molar-refractivity contribution in [1.29, 1.82) is 0 Å². The Labute approximate surface area is 153 Å². The van der Waals surface area contributed by atoms with Crippen molar-refractivity contribution in [3.63, 3.8) is 0 Å². The van der Waals surface area contributed by atoms with E-state index in [0.29, 0.717) is 30.3 Å². The molecule has 0 amide bonds. The van der Waals surface area contributed by atoms with Crippen LogP contribution in [0.3, 0.4) is 0 Å². The quantitative estimate of drug-likeness (QED) is 0.440. The largest absolute Gasteiger partial charge is 0.493 e. The molecule has 0 radical (unpaired) electrons. The average molecular weight is 348 g/mol. The molecule has 0 saturated heterocycles. The molecular formula is C22H20O4. The van der Waals surface area contributed by atoms with E-state index in [9.17, 15) is 4.79 Å². The van der Waals surface area contributed by atoms with Gasteiger partial charge < -0.3 is 14.2 Å². The first-order chi connectivity index (χ1) is 12.8. The Morgan fingerprint density at radius 3 is 2.15 bits per heavy atom. The molecule has 0 aliphatic rings. The minimum atomic E-state index is 0.346. The number of methoxy groups -OCH3 is 1. The van der Waals surface area contributed by atoms with E-state index in [0.717, 1.165) is 17.6 Å². The number of hydrogen-bond donors (Lipinski definition) is 0. The van der Waals surface area contributed by atoms with Crippen LogP contribution in [-0.4, -0.2) is 26.6 Å². The minimum absolute atomic E-state index is 0.346. The molecule has 0 N–H and O–H groups in total.